The number of amides is 1. The van der Waals surface area contributed by atoms with Crippen LogP contribution in [0.1, 0.15) is 17.2 Å². The molecule has 1 amide bonds. The molecule has 0 spiro atoms. The Hall–Kier alpha value is -2.53. The predicted molar refractivity (Wildman–Crippen MR) is 85.0 cm³/mol. The first-order valence-corrected chi connectivity index (χ1v) is 7.58. The highest BCUT2D eigenvalue weighted by atomic mass is 16.6. The molecule has 5 nitrogen and oxygen atoms in total. The zero-order chi connectivity index (χ0) is 16.1. The maximum atomic E-state index is 12.2. The van der Waals surface area contributed by atoms with Crippen molar-refractivity contribution >= 4 is 6.09 Å². The fourth-order valence-corrected chi connectivity index (χ4v) is 2.55. The first-order valence-electron chi connectivity index (χ1n) is 7.58. The summed E-state index contributed by atoms with van der Waals surface area (Å²) in [6, 6.07) is 16.5. The summed E-state index contributed by atoms with van der Waals surface area (Å²) in [5.41, 5.74) is 1.81. The number of aromatic hydroxyl groups is 1. The summed E-state index contributed by atoms with van der Waals surface area (Å²) in [5.74, 6) is 0.190. The lowest BCUT2D eigenvalue weighted by Gasteiger charge is -2.32. The van der Waals surface area contributed by atoms with Crippen molar-refractivity contribution in [2.45, 2.75) is 12.7 Å². The minimum absolute atomic E-state index is 0.190. The number of carbonyl (C=O) groups is 1. The van der Waals surface area contributed by atoms with Gasteiger partial charge in [-0.05, 0) is 23.3 Å². The van der Waals surface area contributed by atoms with E-state index in [1.54, 1.807) is 23.1 Å². The lowest BCUT2D eigenvalue weighted by molar-refractivity contribution is -0.0296. The van der Waals surface area contributed by atoms with Crippen molar-refractivity contribution < 1.29 is 19.4 Å². The SMILES string of the molecule is O=C(OCc1ccccc1)N1CCOC(c2cccc(O)c2)C1. The third-order valence-electron chi connectivity index (χ3n) is 3.77. The number of morpholine rings is 1. The third-order valence-corrected chi connectivity index (χ3v) is 3.77. The molecule has 2 aromatic carbocycles. The molecule has 120 valence electrons. The fraction of sp³-hybridized carbons (Fsp3) is 0.278. The molecule has 0 aliphatic carbocycles. The van der Waals surface area contributed by atoms with Crippen molar-refractivity contribution in [3.05, 3.63) is 65.7 Å². The van der Waals surface area contributed by atoms with Crippen LogP contribution in [0.25, 0.3) is 0 Å². The number of ether oxygens (including phenoxy) is 2. The van der Waals surface area contributed by atoms with Gasteiger partial charge in [0.2, 0.25) is 0 Å². The topological polar surface area (TPSA) is 59.0 Å². The molecule has 1 aliphatic heterocycles. The normalized spacial score (nSPS) is 17.7. The molecule has 0 bridgehead atoms. The van der Waals surface area contributed by atoms with Crippen molar-refractivity contribution in [2.75, 3.05) is 19.7 Å². The Bertz CT molecular complexity index is 659. The summed E-state index contributed by atoms with van der Waals surface area (Å²) < 4.78 is 11.1. The lowest BCUT2D eigenvalue weighted by atomic mass is 10.1. The molecule has 1 fully saturated rings. The number of carbonyl (C=O) groups excluding carboxylic acids is 1. The molecule has 2 aromatic rings. The smallest absolute Gasteiger partial charge is 0.410 e. The van der Waals surface area contributed by atoms with Crippen LogP contribution in [0.3, 0.4) is 0 Å². The van der Waals surface area contributed by atoms with E-state index >= 15 is 0 Å². The molecule has 3 rings (SSSR count). The zero-order valence-corrected chi connectivity index (χ0v) is 12.7. The molecule has 5 heteroatoms. The molecule has 23 heavy (non-hydrogen) atoms. The molecule has 0 saturated carbocycles. The van der Waals surface area contributed by atoms with Gasteiger partial charge in [-0.25, -0.2) is 4.79 Å². The molecule has 1 saturated heterocycles. The molecule has 1 unspecified atom stereocenters. The second kappa shape index (κ2) is 7.15. The van der Waals surface area contributed by atoms with Crippen molar-refractivity contribution in [3.8, 4) is 5.75 Å². The van der Waals surface area contributed by atoms with Crippen molar-refractivity contribution in [1.82, 2.24) is 4.90 Å². The Morgan fingerprint density at radius 1 is 1.22 bits per heavy atom. The molecule has 1 N–H and O–H groups in total. The molecular formula is C18H19NO4. The van der Waals surface area contributed by atoms with Gasteiger partial charge in [-0.3, -0.25) is 0 Å². The monoisotopic (exact) mass is 313 g/mol. The van der Waals surface area contributed by atoms with Gasteiger partial charge in [0.25, 0.3) is 0 Å². The minimum atomic E-state index is -0.345. The summed E-state index contributed by atoms with van der Waals surface area (Å²) in [4.78, 5) is 13.9. The summed E-state index contributed by atoms with van der Waals surface area (Å²) >= 11 is 0. The largest absolute Gasteiger partial charge is 0.508 e. The lowest BCUT2D eigenvalue weighted by Crippen LogP contribution is -2.42. The standard InChI is InChI=1S/C18H19NO4/c20-16-8-4-7-15(11-16)17-12-19(9-10-22-17)18(21)23-13-14-5-2-1-3-6-14/h1-8,11,17,20H,9-10,12-13H2. The number of benzene rings is 2. The van der Waals surface area contributed by atoms with Gasteiger partial charge < -0.3 is 19.5 Å². The number of nitrogens with zero attached hydrogens (tertiary/aromatic N) is 1. The minimum Gasteiger partial charge on any atom is -0.508 e. The van der Waals surface area contributed by atoms with Gasteiger partial charge >= 0.3 is 6.09 Å². The van der Waals surface area contributed by atoms with Gasteiger partial charge in [0, 0.05) is 6.54 Å². The summed E-state index contributed by atoms with van der Waals surface area (Å²) in [7, 11) is 0. The Balaban J connectivity index is 1.58. The van der Waals surface area contributed by atoms with Crippen LogP contribution in [0.4, 0.5) is 4.79 Å². The van der Waals surface area contributed by atoms with E-state index < -0.39 is 0 Å². The molecule has 0 aromatic heterocycles. The first kappa shape index (κ1) is 15.4. The number of hydrogen-bond donors (Lipinski definition) is 1. The van der Waals surface area contributed by atoms with Crippen molar-refractivity contribution in [1.29, 1.82) is 0 Å². The Morgan fingerprint density at radius 2 is 2.04 bits per heavy atom. The van der Waals surface area contributed by atoms with Gasteiger partial charge in [-0.2, -0.15) is 0 Å². The summed E-state index contributed by atoms with van der Waals surface area (Å²) in [6.07, 6.45) is -0.595. The number of rotatable bonds is 3. The summed E-state index contributed by atoms with van der Waals surface area (Å²) in [6.45, 7) is 1.62. The van der Waals surface area contributed by atoms with Gasteiger partial charge in [-0.15, -0.1) is 0 Å². The average molecular weight is 313 g/mol. The third kappa shape index (κ3) is 4.02. The van der Waals surface area contributed by atoms with Crippen LogP contribution in [-0.4, -0.2) is 35.8 Å². The van der Waals surface area contributed by atoms with E-state index in [1.807, 2.05) is 36.4 Å². The van der Waals surface area contributed by atoms with Gasteiger partial charge in [0.1, 0.15) is 18.5 Å². The van der Waals surface area contributed by atoms with Crippen LogP contribution in [-0.2, 0) is 16.1 Å². The van der Waals surface area contributed by atoms with E-state index in [-0.39, 0.29) is 24.6 Å². The van der Waals surface area contributed by atoms with Crippen LogP contribution in [0.2, 0.25) is 0 Å². The number of phenols is 1. The van der Waals surface area contributed by atoms with Gasteiger partial charge in [0.15, 0.2) is 0 Å². The van der Waals surface area contributed by atoms with Crippen LogP contribution < -0.4 is 0 Å². The van der Waals surface area contributed by atoms with Crippen LogP contribution in [0.15, 0.2) is 54.6 Å². The second-order valence-corrected chi connectivity index (χ2v) is 5.44. The van der Waals surface area contributed by atoms with Crippen LogP contribution in [0, 0.1) is 0 Å². The number of phenolic OH excluding ortho intramolecular Hbond substituents is 1. The van der Waals surface area contributed by atoms with Gasteiger partial charge in [-0.1, -0.05) is 42.5 Å². The molecular weight excluding hydrogens is 294 g/mol. The Kier molecular flexibility index (Phi) is 4.78. The van der Waals surface area contributed by atoms with E-state index in [9.17, 15) is 9.90 Å². The van der Waals surface area contributed by atoms with E-state index in [4.69, 9.17) is 9.47 Å². The molecule has 1 heterocycles. The fourth-order valence-electron chi connectivity index (χ4n) is 2.55. The Labute approximate surface area is 135 Å². The maximum Gasteiger partial charge on any atom is 0.410 e. The highest BCUT2D eigenvalue weighted by Crippen LogP contribution is 2.25. The van der Waals surface area contributed by atoms with E-state index in [1.165, 1.54) is 0 Å². The molecule has 1 aliphatic rings. The molecule has 0 radical (unpaired) electrons. The van der Waals surface area contributed by atoms with Crippen molar-refractivity contribution in [3.63, 3.8) is 0 Å². The number of hydrogen-bond acceptors (Lipinski definition) is 4. The van der Waals surface area contributed by atoms with E-state index in [0.717, 1.165) is 11.1 Å². The van der Waals surface area contributed by atoms with Gasteiger partial charge in [0.05, 0.1) is 13.2 Å². The average Bonchev–Trinajstić information content (AvgIpc) is 2.61. The van der Waals surface area contributed by atoms with E-state index in [2.05, 4.69) is 0 Å². The van der Waals surface area contributed by atoms with Crippen LogP contribution >= 0.6 is 0 Å². The predicted octanol–water partition coefficient (Wildman–Crippen LogP) is 3.10. The Morgan fingerprint density at radius 3 is 2.83 bits per heavy atom. The quantitative estimate of drug-likeness (QED) is 0.946. The first-order chi connectivity index (χ1) is 11.2. The summed E-state index contributed by atoms with van der Waals surface area (Å²) in [5, 5.41) is 9.57. The van der Waals surface area contributed by atoms with E-state index in [0.29, 0.717) is 19.7 Å². The second-order valence-electron chi connectivity index (χ2n) is 5.44. The highest BCUT2D eigenvalue weighted by molar-refractivity contribution is 5.67. The molecule has 1 atom stereocenters. The highest BCUT2D eigenvalue weighted by Gasteiger charge is 2.26. The van der Waals surface area contributed by atoms with Crippen LogP contribution in [0.5, 0.6) is 5.75 Å². The van der Waals surface area contributed by atoms with Crippen molar-refractivity contribution in [2.24, 2.45) is 0 Å². The zero-order valence-electron chi connectivity index (χ0n) is 12.7. The maximum absolute atomic E-state index is 12.2.